The smallest absolute Gasteiger partial charge is 0.179 e. The van der Waals surface area contributed by atoms with Gasteiger partial charge in [0.25, 0.3) is 0 Å². The van der Waals surface area contributed by atoms with Crippen molar-refractivity contribution in [3.05, 3.63) is 35.5 Å². The van der Waals surface area contributed by atoms with E-state index in [0.717, 1.165) is 28.6 Å². The topological polar surface area (TPSA) is 39.1 Å². The summed E-state index contributed by atoms with van der Waals surface area (Å²) in [6.45, 7) is 1.84. The quantitative estimate of drug-likeness (QED) is 0.677. The second kappa shape index (κ2) is 3.16. The minimum atomic E-state index is -0.799. The van der Waals surface area contributed by atoms with Crippen LogP contribution >= 0.6 is 0 Å². The van der Waals surface area contributed by atoms with Crippen LogP contribution in [-0.2, 0) is 11.8 Å². The molecule has 3 heteroatoms. The first kappa shape index (κ1) is 11.0. The van der Waals surface area contributed by atoms with E-state index in [2.05, 4.69) is 4.57 Å². The van der Waals surface area contributed by atoms with Crippen molar-refractivity contribution in [2.24, 2.45) is 12.5 Å². The van der Waals surface area contributed by atoms with Crippen LogP contribution in [0.25, 0.3) is 10.9 Å². The molecule has 2 aliphatic carbocycles. The molecule has 4 rings (SSSR count). The van der Waals surface area contributed by atoms with Crippen molar-refractivity contribution in [2.75, 3.05) is 0 Å². The third-order valence-corrected chi connectivity index (χ3v) is 5.12. The SMILES string of the molecule is Cn1c2c(c3ccccc31)C(=O)[C@@]1(C)C(=O)CC[C@@H]21. The number of rotatable bonds is 0. The molecule has 2 aliphatic rings. The molecule has 1 aromatic carbocycles. The zero-order valence-electron chi connectivity index (χ0n) is 11.1. The molecule has 0 N–H and O–H groups in total. The van der Waals surface area contributed by atoms with Gasteiger partial charge in [-0.05, 0) is 19.4 Å². The van der Waals surface area contributed by atoms with Crippen molar-refractivity contribution < 1.29 is 9.59 Å². The zero-order chi connectivity index (χ0) is 13.4. The number of para-hydroxylation sites is 1. The van der Waals surface area contributed by atoms with Gasteiger partial charge in [0.2, 0.25) is 0 Å². The van der Waals surface area contributed by atoms with E-state index in [9.17, 15) is 9.59 Å². The monoisotopic (exact) mass is 253 g/mol. The molecule has 0 spiro atoms. The van der Waals surface area contributed by atoms with Crippen molar-refractivity contribution in [1.82, 2.24) is 4.57 Å². The molecule has 0 aliphatic heterocycles. The lowest BCUT2D eigenvalue weighted by Crippen LogP contribution is -2.31. The van der Waals surface area contributed by atoms with Gasteiger partial charge >= 0.3 is 0 Å². The summed E-state index contributed by atoms with van der Waals surface area (Å²) in [5, 5.41) is 0.994. The van der Waals surface area contributed by atoms with Crippen molar-refractivity contribution in [1.29, 1.82) is 0 Å². The third-order valence-electron chi connectivity index (χ3n) is 5.12. The summed E-state index contributed by atoms with van der Waals surface area (Å²) in [5.41, 5.74) is 2.15. The molecule has 0 radical (unpaired) electrons. The Morgan fingerprint density at radius 2 is 2.00 bits per heavy atom. The normalized spacial score (nSPS) is 29.1. The van der Waals surface area contributed by atoms with E-state index in [4.69, 9.17) is 0 Å². The third kappa shape index (κ3) is 1.02. The predicted molar refractivity (Wildman–Crippen MR) is 72.3 cm³/mol. The van der Waals surface area contributed by atoms with Crippen LogP contribution in [0, 0.1) is 5.41 Å². The number of ketones is 2. The predicted octanol–water partition coefficient (Wildman–Crippen LogP) is 2.83. The van der Waals surface area contributed by atoms with E-state index in [1.807, 2.05) is 38.2 Å². The summed E-state index contributed by atoms with van der Waals surface area (Å²) in [6.07, 6.45) is 1.34. The fourth-order valence-corrected chi connectivity index (χ4v) is 4.03. The number of carbonyl (C=O) groups is 2. The number of fused-ring (bicyclic) bond motifs is 5. The molecule has 0 bridgehead atoms. The number of aromatic nitrogens is 1. The average Bonchev–Trinajstić information content (AvgIpc) is 2.94. The fourth-order valence-electron chi connectivity index (χ4n) is 4.03. The molecule has 1 saturated carbocycles. The van der Waals surface area contributed by atoms with Crippen LogP contribution in [0.3, 0.4) is 0 Å². The molecular formula is C16H15NO2. The van der Waals surface area contributed by atoms with Crippen LogP contribution in [-0.4, -0.2) is 16.1 Å². The summed E-state index contributed by atoms with van der Waals surface area (Å²) in [5.74, 6) is 0.217. The van der Waals surface area contributed by atoms with E-state index in [0.29, 0.717) is 6.42 Å². The molecule has 0 amide bonds. The van der Waals surface area contributed by atoms with Gasteiger partial charge in [0.05, 0.1) is 5.41 Å². The van der Waals surface area contributed by atoms with E-state index in [1.54, 1.807) is 0 Å². The van der Waals surface area contributed by atoms with Gasteiger partial charge in [-0.15, -0.1) is 0 Å². The van der Waals surface area contributed by atoms with Gasteiger partial charge in [-0.2, -0.15) is 0 Å². The van der Waals surface area contributed by atoms with Crippen molar-refractivity contribution in [3.63, 3.8) is 0 Å². The van der Waals surface area contributed by atoms with Gasteiger partial charge in [0.15, 0.2) is 5.78 Å². The number of aryl methyl sites for hydroxylation is 1. The number of hydrogen-bond acceptors (Lipinski definition) is 2. The van der Waals surface area contributed by atoms with Gasteiger partial charge in [-0.25, -0.2) is 0 Å². The molecule has 1 heterocycles. The molecule has 1 aromatic heterocycles. The second-order valence-electron chi connectivity index (χ2n) is 5.88. The Balaban J connectivity index is 2.12. The van der Waals surface area contributed by atoms with Crippen LogP contribution in [0.5, 0.6) is 0 Å². The molecule has 19 heavy (non-hydrogen) atoms. The second-order valence-corrected chi connectivity index (χ2v) is 5.88. The highest BCUT2D eigenvalue weighted by molar-refractivity contribution is 6.24. The summed E-state index contributed by atoms with van der Waals surface area (Å²) < 4.78 is 2.11. The van der Waals surface area contributed by atoms with E-state index in [-0.39, 0.29) is 17.5 Å². The first-order valence-corrected chi connectivity index (χ1v) is 6.72. The number of Topliss-reactive ketones (excluding diaryl/α,β-unsaturated/α-hetero) is 2. The summed E-state index contributed by atoms with van der Waals surface area (Å²) in [6, 6.07) is 7.96. The lowest BCUT2D eigenvalue weighted by Gasteiger charge is -2.21. The molecular weight excluding hydrogens is 238 g/mol. The summed E-state index contributed by atoms with van der Waals surface area (Å²) in [7, 11) is 2.00. The van der Waals surface area contributed by atoms with Gasteiger partial charge < -0.3 is 4.57 Å². The minimum Gasteiger partial charge on any atom is -0.347 e. The maximum atomic E-state index is 12.8. The largest absolute Gasteiger partial charge is 0.347 e. The fraction of sp³-hybridized carbons (Fsp3) is 0.375. The van der Waals surface area contributed by atoms with E-state index < -0.39 is 5.41 Å². The Morgan fingerprint density at radius 1 is 1.26 bits per heavy atom. The lowest BCUT2D eigenvalue weighted by molar-refractivity contribution is -0.123. The van der Waals surface area contributed by atoms with Crippen molar-refractivity contribution in [2.45, 2.75) is 25.7 Å². The first-order valence-electron chi connectivity index (χ1n) is 6.72. The van der Waals surface area contributed by atoms with Crippen LogP contribution in [0.15, 0.2) is 24.3 Å². The Labute approximate surface area is 111 Å². The molecule has 3 nitrogen and oxygen atoms in total. The van der Waals surface area contributed by atoms with Gasteiger partial charge in [-0.1, -0.05) is 18.2 Å². The number of carbonyl (C=O) groups excluding carboxylic acids is 2. The highest BCUT2D eigenvalue weighted by atomic mass is 16.2. The van der Waals surface area contributed by atoms with Crippen molar-refractivity contribution in [3.8, 4) is 0 Å². The van der Waals surface area contributed by atoms with Crippen LogP contribution in [0.4, 0.5) is 0 Å². The van der Waals surface area contributed by atoms with Crippen LogP contribution < -0.4 is 0 Å². The van der Waals surface area contributed by atoms with Crippen molar-refractivity contribution >= 4 is 22.5 Å². The lowest BCUT2D eigenvalue weighted by atomic mass is 9.79. The van der Waals surface area contributed by atoms with E-state index >= 15 is 0 Å². The number of nitrogens with zero attached hydrogens (tertiary/aromatic N) is 1. The Morgan fingerprint density at radius 3 is 2.79 bits per heavy atom. The summed E-state index contributed by atoms with van der Waals surface area (Å²) in [4.78, 5) is 25.0. The van der Waals surface area contributed by atoms with Crippen LogP contribution in [0.1, 0.15) is 41.7 Å². The standard InChI is InChI=1S/C16H15NO2/c1-16-10(7-8-12(16)18)14-13(15(16)19)9-5-3-4-6-11(9)17(14)2/h3-6,10H,7-8H2,1-2H3/t10-,16+/m0/s1. The highest BCUT2D eigenvalue weighted by Crippen LogP contribution is 2.56. The maximum absolute atomic E-state index is 12.8. The Hall–Kier alpha value is -1.90. The number of hydrogen-bond donors (Lipinski definition) is 0. The molecule has 1 fully saturated rings. The van der Waals surface area contributed by atoms with E-state index in [1.165, 1.54) is 0 Å². The number of benzene rings is 1. The Bertz CT molecular complexity index is 755. The Kier molecular flexibility index (Phi) is 1.82. The van der Waals surface area contributed by atoms with Crippen LogP contribution in [0.2, 0.25) is 0 Å². The van der Waals surface area contributed by atoms with Gasteiger partial charge in [0, 0.05) is 41.5 Å². The summed E-state index contributed by atoms with van der Waals surface area (Å²) >= 11 is 0. The minimum absolute atomic E-state index is 0.0341. The van der Waals surface area contributed by atoms with Gasteiger partial charge in [0.1, 0.15) is 5.78 Å². The molecule has 0 unspecified atom stereocenters. The van der Waals surface area contributed by atoms with Gasteiger partial charge in [-0.3, -0.25) is 9.59 Å². The molecule has 2 aromatic rings. The molecule has 0 saturated heterocycles. The molecule has 96 valence electrons. The first-order chi connectivity index (χ1) is 9.06. The highest BCUT2D eigenvalue weighted by Gasteiger charge is 2.59. The average molecular weight is 253 g/mol. The zero-order valence-corrected chi connectivity index (χ0v) is 11.1. The maximum Gasteiger partial charge on any atom is 0.179 e. The molecule has 2 atom stereocenters.